The molecule has 2 saturated carbocycles. The van der Waals surface area contributed by atoms with E-state index in [-0.39, 0.29) is 40.9 Å². The Morgan fingerprint density at radius 1 is 1.03 bits per heavy atom. The molecule has 0 N–H and O–H groups in total. The van der Waals surface area contributed by atoms with Crippen molar-refractivity contribution in [1.82, 2.24) is 5.01 Å². The smallest absolute Gasteiger partial charge is 0.254 e. The highest BCUT2D eigenvalue weighted by molar-refractivity contribution is 14.1. The maximum Gasteiger partial charge on any atom is 0.254 e. The molecule has 3 aromatic carbocycles. The Morgan fingerprint density at radius 2 is 1.73 bits per heavy atom. The molecule has 3 aromatic rings. The molecule has 186 valence electrons. The van der Waals surface area contributed by atoms with Crippen molar-refractivity contribution in [3.05, 3.63) is 81.4 Å². The number of carbonyl (C=O) groups is 2. The normalized spacial score (nSPS) is 26.6. The summed E-state index contributed by atoms with van der Waals surface area (Å²) in [5.41, 5.74) is 2.01. The molecule has 3 aliphatic carbocycles. The van der Waals surface area contributed by atoms with E-state index in [2.05, 4.69) is 64.1 Å². The lowest BCUT2D eigenvalue weighted by Gasteiger charge is -2.18. The van der Waals surface area contributed by atoms with Gasteiger partial charge >= 0.3 is 0 Å². The molecule has 1 aliphatic heterocycles. The van der Waals surface area contributed by atoms with Crippen molar-refractivity contribution in [1.29, 1.82) is 0 Å². The molecule has 1 spiro atoms. The summed E-state index contributed by atoms with van der Waals surface area (Å²) < 4.78 is 12.7. The summed E-state index contributed by atoms with van der Waals surface area (Å²) in [7, 11) is 1.60. The average molecular weight is 604 g/mol. The summed E-state index contributed by atoms with van der Waals surface area (Å²) >= 11 is 2.22. The van der Waals surface area contributed by atoms with Crippen LogP contribution < -0.4 is 9.47 Å². The number of ether oxygens (including phenoxy) is 2. The SMILES string of the molecule is COc1cc(/C=N\N2C(=O)[C@@H]3[C@H](C2=O)[C@H]2C=C[C@H]3C23CC3)cc(I)c1OCc1cccc2ccccc12. The quantitative estimate of drug-likeness (QED) is 0.160. The van der Waals surface area contributed by atoms with Gasteiger partial charge < -0.3 is 9.47 Å². The lowest BCUT2D eigenvalue weighted by molar-refractivity contribution is -0.141. The maximum absolute atomic E-state index is 13.2. The van der Waals surface area contributed by atoms with Gasteiger partial charge in [-0.1, -0.05) is 54.6 Å². The topological polar surface area (TPSA) is 68.2 Å². The number of amides is 2. The molecule has 1 heterocycles. The van der Waals surface area contributed by atoms with Crippen LogP contribution in [0.5, 0.6) is 11.5 Å². The number of allylic oxidation sites excluding steroid dienone is 2. The molecule has 6 nitrogen and oxygen atoms in total. The van der Waals surface area contributed by atoms with E-state index in [9.17, 15) is 9.59 Å². The van der Waals surface area contributed by atoms with E-state index in [4.69, 9.17) is 9.47 Å². The minimum Gasteiger partial charge on any atom is -0.493 e. The lowest BCUT2D eigenvalue weighted by atomic mass is 9.85. The number of hydrogen-bond donors (Lipinski definition) is 0. The molecular formula is C30H25IN2O4. The second kappa shape index (κ2) is 8.41. The fraction of sp³-hybridized carbons (Fsp3) is 0.300. The van der Waals surface area contributed by atoms with Crippen LogP contribution in [0, 0.1) is 32.7 Å². The second-order valence-corrected chi connectivity index (χ2v) is 11.6. The van der Waals surface area contributed by atoms with Gasteiger partial charge in [-0.25, -0.2) is 0 Å². The summed E-state index contributed by atoms with van der Waals surface area (Å²) in [5.74, 6) is 0.785. The Hall–Kier alpha value is -3.20. The van der Waals surface area contributed by atoms with Gasteiger partial charge in [-0.2, -0.15) is 10.1 Å². The third-order valence-corrected chi connectivity index (χ3v) is 9.46. The molecule has 2 bridgehead atoms. The third-order valence-electron chi connectivity index (χ3n) is 8.66. The Labute approximate surface area is 228 Å². The molecule has 4 atom stereocenters. The van der Waals surface area contributed by atoms with Crippen molar-refractivity contribution in [3.63, 3.8) is 0 Å². The predicted molar refractivity (Wildman–Crippen MR) is 148 cm³/mol. The third kappa shape index (κ3) is 3.39. The summed E-state index contributed by atoms with van der Waals surface area (Å²) in [6, 6.07) is 18.2. The summed E-state index contributed by atoms with van der Waals surface area (Å²) in [6.07, 6.45) is 8.15. The molecule has 1 saturated heterocycles. The number of nitrogens with zero attached hydrogens (tertiary/aromatic N) is 2. The number of carbonyl (C=O) groups excluding carboxylic acids is 2. The van der Waals surface area contributed by atoms with E-state index < -0.39 is 0 Å². The highest BCUT2D eigenvalue weighted by Gasteiger charge is 2.73. The zero-order chi connectivity index (χ0) is 25.3. The van der Waals surface area contributed by atoms with Crippen molar-refractivity contribution in [2.24, 2.45) is 34.2 Å². The number of hydrazone groups is 1. The second-order valence-electron chi connectivity index (χ2n) is 10.4. The van der Waals surface area contributed by atoms with E-state index in [1.54, 1.807) is 13.3 Å². The van der Waals surface area contributed by atoms with Gasteiger partial charge in [0.15, 0.2) is 11.5 Å². The molecule has 37 heavy (non-hydrogen) atoms. The highest BCUT2D eigenvalue weighted by atomic mass is 127. The fourth-order valence-corrected chi connectivity index (χ4v) is 7.60. The lowest BCUT2D eigenvalue weighted by Crippen LogP contribution is -2.30. The Bertz CT molecular complexity index is 1490. The summed E-state index contributed by atoms with van der Waals surface area (Å²) in [6.45, 7) is 0.401. The molecule has 7 rings (SSSR count). The first-order valence-corrected chi connectivity index (χ1v) is 13.7. The van der Waals surface area contributed by atoms with E-state index in [1.165, 1.54) is 5.39 Å². The standard InChI is InChI=1S/C30H25IN2O4/c1-36-24-14-17(13-23(31)27(24)37-16-19-7-4-6-18-5-2-3-8-20(18)19)15-32-33-28(34)25-21-9-10-22(26(25)29(33)35)30(21)11-12-30/h2-10,13-15,21-22,25-26H,11-12,16H2,1H3/b32-15-/t21-,22-,25-,26+/m1/s1. The van der Waals surface area contributed by atoms with Crippen LogP contribution in [0.15, 0.2) is 71.9 Å². The van der Waals surface area contributed by atoms with Crippen molar-refractivity contribution < 1.29 is 19.1 Å². The van der Waals surface area contributed by atoms with Crippen molar-refractivity contribution >= 4 is 51.4 Å². The van der Waals surface area contributed by atoms with E-state index in [0.717, 1.165) is 37.9 Å². The molecule has 3 fully saturated rings. The number of imide groups is 1. The van der Waals surface area contributed by atoms with Crippen LogP contribution in [0.4, 0.5) is 0 Å². The molecule has 0 radical (unpaired) electrons. The van der Waals surface area contributed by atoms with Crippen LogP contribution in [0.2, 0.25) is 0 Å². The van der Waals surface area contributed by atoms with Gasteiger partial charge in [-0.3, -0.25) is 9.59 Å². The first kappa shape index (κ1) is 23.0. The van der Waals surface area contributed by atoms with Crippen molar-refractivity contribution in [2.45, 2.75) is 19.4 Å². The van der Waals surface area contributed by atoms with Gasteiger partial charge in [0.25, 0.3) is 11.8 Å². The summed E-state index contributed by atoms with van der Waals surface area (Å²) in [5, 5.41) is 7.78. The van der Waals surface area contributed by atoms with Gasteiger partial charge in [0.2, 0.25) is 0 Å². The zero-order valence-corrected chi connectivity index (χ0v) is 22.4. The maximum atomic E-state index is 13.2. The Balaban J connectivity index is 1.11. The largest absolute Gasteiger partial charge is 0.493 e. The van der Waals surface area contributed by atoms with Crippen LogP contribution in [-0.4, -0.2) is 30.1 Å². The van der Waals surface area contributed by atoms with Gasteiger partial charge in [0, 0.05) is 0 Å². The number of rotatable bonds is 6. The minimum absolute atomic E-state index is 0.161. The molecular weight excluding hydrogens is 579 g/mol. The molecule has 7 heteroatoms. The van der Waals surface area contributed by atoms with Gasteiger partial charge in [0.05, 0.1) is 28.7 Å². The van der Waals surface area contributed by atoms with Crippen LogP contribution in [-0.2, 0) is 16.2 Å². The first-order valence-electron chi connectivity index (χ1n) is 12.6. The Kier molecular flexibility index (Phi) is 5.22. The Morgan fingerprint density at radius 3 is 2.43 bits per heavy atom. The monoisotopic (exact) mass is 604 g/mol. The number of halogens is 1. The molecule has 0 aromatic heterocycles. The van der Waals surface area contributed by atoms with Gasteiger partial charge in [-0.15, -0.1) is 0 Å². The van der Waals surface area contributed by atoms with Crippen molar-refractivity contribution in [3.8, 4) is 11.5 Å². The van der Waals surface area contributed by atoms with Crippen LogP contribution in [0.1, 0.15) is 24.0 Å². The van der Waals surface area contributed by atoms with Crippen LogP contribution in [0.25, 0.3) is 10.8 Å². The van der Waals surface area contributed by atoms with Gasteiger partial charge in [0.1, 0.15) is 6.61 Å². The zero-order valence-electron chi connectivity index (χ0n) is 20.3. The number of methoxy groups -OCH3 is 1. The molecule has 0 unspecified atom stereocenters. The van der Waals surface area contributed by atoms with Crippen LogP contribution >= 0.6 is 22.6 Å². The summed E-state index contributed by atoms with van der Waals surface area (Å²) in [4.78, 5) is 26.4. The minimum atomic E-state index is -0.248. The predicted octanol–water partition coefficient (Wildman–Crippen LogP) is 5.56. The van der Waals surface area contributed by atoms with E-state index in [1.807, 2.05) is 30.3 Å². The van der Waals surface area contributed by atoms with E-state index in [0.29, 0.717) is 18.1 Å². The fourth-order valence-electron chi connectivity index (χ4n) is 6.82. The number of benzene rings is 3. The van der Waals surface area contributed by atoms with Crippen LogP contribution in [0.3, 0.4) is 0 Å². The van der Waals surface area contributed by atoms with Gasteiger partial charge in [-0.05, 0) is 86.7 Å². The number of hydrogen-bond acceptors (Lipinski definition) is 5. The average Bonchev–Trinajstić information content (AvgIpc) is 3.51. The number of fused-ring (bicyclic) bond motifs is 4. The first-order chi connectivity index (χ1) is 18.0. The van der Waals surface area contributed by atoms with E-state index >= 15 is 0 Å². The van der Waals surface area contributed by atoms with Crippen molar-refractivity contribution in [2.75, 3.05) is 7.11 Å². The highest BCUT2D eigenvalue weighted by Crippen LogP contribution is 2.73. The molecule has 4 aliphatic rings. The molecule has 2 amide bonds.